The molecule has 1 aromatic heterocycles. The topological polar surface area (TPSA) is 99.9 Å². The second kappa shape index (κ2) is 9.14. The number of nitrogens with zero attached hydrogens (tertiary/aromatic N) is 1. The maximum absolute atomic E-state index is 13.5. The number of methoxy groups -OCH3 is 2. The van der Waals surface area contributed by atoms with Crippen molar-refractivity contribution >= 4 is 26.8 Å². The lowest BCUT2D eigenvalue weighted by Gasteiger charge is -2.14. The molecule has 0 amide bonds. The van der Waals surface area contributed by atoms with Crippen LogP contribution in [-0.4, -0.2) is 33.9 Å². The van der Waals surface area contributed by atoms with Crippen LogP contribution >= 0.6 is 0 Å². The molecule has 9 heteroatoms. The van der Waals surface area contributed by atoms with Gasteiger partial charge in [-0.3, -0.25) is 4.72 Å². The fourth-order valence-corrected chi connectivity index (χ4v) is 5.90. The lowest BCUT2D eigenvalue weighted by Crippen LogP contribution is -2.16. The van der Waals surface area contributed by atoms with Crippen LogP contribution in [0.2, 0.25) is 0 Å². The molecule has 1 unspecified atom stereocenters. The van der Waals surface area contributed by atoms with Gasteiger partial charge in [-0.15, -0.1) is 0 Å². The van der Waals surface area contributed by atoms with E-state index in [9.17, 15) is 8.42 Å². The summed E-state index contributed by atoms with van der Waals surface area (Å²) in [6, 6.07) is 16.6. The molecule has 1 aliphatic heterocycles. The molecule has 0 aliphatic carbocycles. The summed E-state index contributed by atoms with van der Waals surface area (Å²) < 4.78 is 52.0. The monoisotopic (exact) mass is 494 g/mol. The standard InChI is InChI=1S/C26H26N2O6S/c1-4-9-17-14-19-18(16-10-6-5-7-11-16)15-22-23(24(19)33-17)26(27-34-22)28-35(29,30)25-20(31-2)12-8-13-21(25)32-3/h5-8,10-13,15,17H,4,9,14H2,1-3H3,(H,27,28). The van der Waals surface area contributed by atoms with Gasteiger partial charge in [-0.1, -0.05) is 54.9 Å². The van der Waals surface area contributed by atoms with Crippen LogP contribution in [0.5, 0.6) is 17.2 Å². The van der Waals surface area contributed by atoms with Crippen LogP contribution in [0, 0.1) is 0 Å². The highest BCUT2D eigenvalue weighted by molar-refractivity contribution is 7.93. The molecule has 182 valence electrons. The summed E-state index contributed by atoms with van der Waals surface area (Å²) >= 11 is 0. The van der Waals surface area contributed by atoms with Crippen LogP contribution in [0.25, 0.3) is 22.1 Å². The highest BCUT2D eigenvalue weighted by Gasteiger charge is 2.33. The quantitative estimate of drug-likeness (QED) is 0.349. The van der Waals surface area contributed by atoms with Crippen molar-refractivity contribution in [3.63, 3.8) is 0 Å². The van der Waals surface area contributed by atoms with Crippen molar-refractivity contribution in [3.8, 4) is 28.4 Å². The third-order valence-corrected chi connectivity index (χ3v) is 7.52. The largest absolute Gasteiger partial charge is 0.495 e. The number of benzene rings is 3. The molecule has 1 aliphatic rings. The smallest absolute Gasteiger partial charge is 0.270 e. The summed E-state index contributed by atoms with van der Waals surface area (Å²) in [5, 5.41) is 4.57. The summed E-state index contributed by atoms with van der Waals surface area (Å²) in [7, 11) is -1.34. The Kier molecular flexibility index (Phi) is 6.02. The minimum Gasteiger partial charge on any atom is -0.495 e. The van der Waals surface area contributed by atoms with E-state index in [1.807, 2.05) is 36.4 Å². The second-order valence-electron chi connectivity index (χ2n) is 8.33. The van der Waals surface area contributed by atoms with Gasteiger partial charge in [0.25, 0.3) is 10.0 Å². The van der Waals surface area contributed by atoms with Crippen LogP contribution in [0.4, 0.5) is 5.82 Å². The average molecular weight is 495 g/mol. The molecule has 0 bridgehead atoms. The van der Waals surface area contributed by atoms with Crippen LogP contribution in [-0.2, 0) is 16.4 Å². The summed E-state index contributed by atoms with van der Waals surface area (Å²) in [6.07, 6.45) is 2.58. The van der Waals surface area contributed by atoms with E-state index in [4.69, 9.17) is 18.7 Å². The zero-order valence-electron chi connectivity index (χ0n) is 19.7. The molecular formula is C26H26N2O6S. The van der Waals surface area contributed by atoms with Gasteiger partial charge in [0.15, 0.2) is 16.3 Å². The van der Waals surface area contributed by atoms with Crippen molar-refractivity contribution < 1.29 is 27.2 Å². The van der Waals surface area contributed by atoms with Crippen molar-refractivity contribution in [3.05, 3.63) is 60.2 Å². The molecule has 0 fully saturated rings. The van der Waals surface area contributed by atoms with Gasteiger partial charge in [-0.05, 0) is 35.7 Å². The van der Waals surface area contributed by atoms with E-state index in [1.165, 1.54) is 14.2 Å². The Morgan fingerprint density at radius 2 is 1.77 bits per heavy atom. The molecule has 0 saturated heterocycles. The molecule has 1 N–H and O–H groups in total. The lowest BCUT2D eigenvalue weighted by atomic mass is 9.94. The first-order valence-corrected chi connectivity index (χ1v) is 12.9. The van der Waals surface area contributed by atoms with E-state index in [0.29, 0.717) is 16.7 Å². The number of hydrogen-bond acceptors (Lipinski definition) is 7. The van der Waals surface area contributed by atoms with Crippen molar-refractivity contribution in [1.29, 1.82) is 0 Å². The van der Waals surface area contributed by atoms with Crippen molar-refractivity contribution in [1.82, 2.24) is 5.16 Å². The van der Waals surface area contributed by atoms with Gasteiger partial charge in [-0.2, -0.15) is 0 Å². The third-order valence-electron chi connectivity index (χ3n) is 6.11. The first kappa shape index (κ1) is 23.0. The number of nitrogens with one attached hydrogen (secondary N) is 1. The molecule has 4 aromatic rings. The summed E-state index contributed by atoms with van der Waals surface area (Å²) in [4.78, 5) is -0.122. The molecule has 2 heterocycles. The van der Waals surface area contributed by atoms with Crippen LogP contribution in [0.1, 0.15) is 25.3 Å². The van der Waals surface area contributed by atoms with Gasteiger partial charge in [0.1, 0.15) is 28.7 Å². The first-order valence-electron chi connectivity index (χ1n) is 11.4. The second-order valence-corrected chi connectivity index (χ2v) is 9.95. The van der Waals surface area contributed by atoms with Gasteiger partial charge >= 0.3 is 0 Å². The van der Waals surface area contributed by atoms with Gasteiger partial charge < -0.3 is 18.7 Å². The molecule has 8 nitrogen and oxygen atoms in total. The number of ether oxygens (including phenoxy) is 3. The molecule has 1 atom stereocenters. The normalized spacial score (nSPS) is 15.0. The summed E-state index contributed by atoms with van der Waals surface area (Å²) in [5.74, 6) is 0.965. The Hall–Kier alpha value is -3.72. The Morgan fingerprint density at radius 3 is 2.43 bits per heavy atom. The highest BCUT2D eigenvalue weighted by Crippen LogP contribution is 2.47. The number of aromatic nitrogens is 1. The van der Waals surface area contributed by atoms with Gasteiger partial charge in [0.05, 0.1) is 14.2 Å². The number of anilines is 1. The summed E-state index contributed by atoms with van der Waals surface area (Å²) in [5.41, 5.74) is 3.47. The van der Waals surface area contributed by atoms with Gasteiger partial charge in [0, 0.05) is 12.0 Å². The SMILES string of the molecule is CCCC1Cc2c(-c3ccccc3)cc3onc(NS(=O)(=O)c4c(OC)cccc4OC)c3c2O1. The Bertz CT molecular complexity index is 1460. The molecule has 0 radical (unpaired) electrons. The maximum Gasteiger partial charge on any atom is 0.270 e. The molecule has 0 spiro atoms. The summed E-state index contributed by atoms with van der Waals surface area (Å²) in [6.45, 7) is 2.11. The minimum absolute atomic E-state index is 0.00303. The fourth-order valence-electron chi connectivity index (χ4n) is 4.57. The zero-order valence-corrected chi connectivity index (χ0v) is 20.5. The molecule has 0 saturated carbocycles. The molecule has 3 aromatic carbocycles. The van der Waals surface area contributed by atoms with Gasteiger partial charge in [0.2, 0.25) is 0 Å². The minimum atomic E-state index is -4.14. The Labute approximate surface area is 203 Å². The Morgan fingerprint density at radius 1 is 1.06 bits per heavy atom. The van der Waals surface area contributed by atoms with Crippen LogP contribution in [0.15, 0.2) is 64.0 Å². The predicted octanol–water partition coefficient (Wildman–Crippen LogP) is 5.42. The number of fused-ring (bicyclic) bond motifs is 3. The van der Waals surface area contributed by atoms with Gasteiger partial charge in [-0.25, -0.2) is 8.42 Å². The number of hydrogen-bond donors (Lipinski definition) is 1. The fraction of sp³-hybridized carbons (Fsp3) is 0.269. The van der Waals surface area contributed by atoms with Crippen LogP contribution < -0.4 is 18.9 Å². The zero-order chi connectivity index (χ0) is 24.6. The van der Waals surface area contributed by atoms with Crippen LogP contribution in [0.3, 0.4) is 0 Å². The van der Waals surface area contributed by atoms with Crippen molar-refractivity contribution in [2.45, 2.75) is 37.2 Å². The van der Waals surface area contributed by atoms with E-state index in [-0.39, 0.29) is 28.3 Å². The molecule has 5 rings (SSSR count). The Balaban J connectivity index is 1.65. The van der Waals surface area contributed by atoms with E-state index in [2.05, 4.69) is 16.8 Å². The number of rotatable bonds is 8. The molecular weight excluding hydrogens is 468 g/mol. The lowest BCUT2D eigenvalue weighted by molar-refractivity contribution is 0.222. The average Bonchev–Trinajstić information content (AvgIpc) is 3.47. The maximum atomic E-state index is 13.5. The first-order chi connectivity index (χ1) is 17.0. The number of sulfonamides is 1. The van der Waals surface area contributed by atoms with E-state index >= 15 is 0 Å². The third kappa shape index (κ3) is 4.05. The highest BCUT2D eigenvalue weighted by atomic mass is 32.2. The predicted molar refractivity (Wildman–Crippen MR) is 133 cm³/mol. The molecule has 35 heavy (non-hydrogen) atoms. The van der Waals surface area contributed by atoms with Crippen molar-refractivity contribution in [2.24, 2.45) is 0 Å². The van der Waals surface area contributed by atoms with E-state index in [1.54, 1.807) is 18.2 Å². The van der Waals surface area contributed by atoms with Crippen molar-refractivity contribution in [2.75, 3.05) is 18.9 Å². The van der Waals surface area contributed by atoms with E-state index < -0.39 is 10.0 Å². The van der Waals surface area contributed by atoms with E-state index in [0.717, 1.165) is 36.0 Å².